The molecule has 0 unspecified atom stereocenters. The standard InChI is InChI=1S/C26H36O13/c1-25(2,3)38-15(28)10-34-13-8-12-17(21(20(13)33-7)35-11-16(29)39-26(4,5)6)22-23(37-24(12)32)19(31)18(30)14(9-27)36-22/h8,14,18-19,22-23,27,30-31H,9-11H2,1-7H3/t14-,18-,19+,22+,23-/m1/s1. The van der Waals surface area contributed by atoms with E-state index in [0.717, 1.165) is 0 Å². The predicted octanol–water partition coefficient (Wildman–Crippen LogP) is 0.829. The number of hydrogen-bond donors (Lipinski definition) is 3. The Balaban J connectivity index is 2.08. The molecule has 1 aromatic carbocycles. The normalized spacial score (nSPS) is 24.6. The van der Waals surface area contributed by atoms with Crippen molar-refractivity contribution in [3.63, 3.8) is 0 Å². The van der Waals surface area contributed by atoms with E-state index in [-0.39, 0.29) is 28.4 Å². The molecule has 0 amide bonds. The van der Waals surface area contributed by atoms with Crippen molar-refractivity contribution in [2.75, 3.05) is 26.9 Å². The van der Waals surface area contributed by atoms with E-state index in [1.54, 1.807) is 41.5 Å². The number of ether oxygens (including phenoxy) is 7. The van der Waals surface area contributed by atoms with Gasteiger partial charge in [0.15, 0.2) is 30.8 Å². The van der Waals surface area contributed by atoms with Crippen LogP contribution in [0.15, 0.2) is 6.07 Å². The monoisotopic (exact) mass is 556 g/mol. The highest BCUT2D eigenvalue weighted by atomic mass is 16.6. The fourth-order valence-electron chi connectivity index (χ4n) is 4.18. The molecule has 5 atom stereocenters. The lowest BCUT2D eigenvalue weighted by Gasteiger charge is -2.44. The lowest BCUT2D eigenvalue weighted by Crippen LogP contribution is -2.58. The lowest BCUT2D eigenvalue weighted by molar-refractivity contribution is -0.235. The maximum atomic E-state index is 13.0. The summed E-state index contributed by atoms with van der Waals surface area (Å²) in [4.78, 5) is 37.8. The van der Waals surface area contributed by atoms with E-state index >= 15 is 0 Å². The molecule has 2 heterocycles. The number of hydrogen-bond acceptors (Lipinski definition) is 13. The van der Waals surface area contributed by atoms with Gasteiger partial charge in [-0.3, -0.25) is 0 Å². The van der Waals surface area contributed by atoms with Gasteiger partial charge in [-0.1, -0.05) is 0 Å². The number of aliphatic hydroxyl groups excluding tert-OH is 3. The third-order valence-electron chi connectivity index (χ3n) is 5.58. The van der Waals surface area contributed by atoms with Crippen LogP contribution < -0.4 is 14.2 Å². The SMILES string of the molecule is COc1c(OCC(=O)OC(C)(C)C)cc2c(c1OCC(=O)OC(C)(C)C)[C@@H]1O[C@H](CO)[C@@H](O)[C@H](O)[C@H]1OC2=O. The van der Waals surface area contributed by atoms with Crippen LogP contribution in [0.25, 0.3) is 0 Å². The first kappa shape index (κ1) is 30.4. The summed E-state index contributed by atoms with van der Waals surface area (Å²) in [5.74, 6) is -2.73. The van der Waals surface area contributed by atoms with Crippen LogP contribution in [0, 0.1) is 0 Å². The molecular weight excluding hydrogens is 520 g/mol. The Hall–Kier alpha value is -3.13. The van der Waals surface area contributed by atoms with E-state index in [1.165, 1.54) is 13.2 Å². The van der Waals surface area contributed by atoms with Crippen molar-refractivity contribution in [1.29, 1.82) is 0 Å². The van der Waals surface area contributed by atoms with Gasteiger partial charge in [0.25, 0.3) is 0 Å². The van der Waals surface area contributed by atoms with Crippen LogP contribution in [0.4, 0.5) is 0 Å². The van der Waals surface area contributed by atoms with Gasteiger partial charge in [0.2, 0.25) is 5.75 Å². The zero-order chi connectivity index (χ0) is 29.3. The second-order valence-electron chi connectivity index (χ2n) is 11.1. The Bertz CT molecular complexity index is 1080. The molecule has 13 heteroatoms. The zero-order valence-electron chi connectivity index (χ0n) is 23.0. The van der Waals surface area contributed by atoms with Crippen LogP contribution in [0.3, 0.4) is 0 Å². The molecule has 2 aliphatic rings. The summed E-state index contributed by atoms with van der Waals surface area (Å²) >= 11 is 0. The second-order valence-corrected chi connectivity index (χ2v) is 11.1. The van der Waals surface area contributed by atoms with E-state index in [1.807, 2.05) is 0 Å². The highest BCUT2D eigenvalue weighted by Gasteiger charge is 2.52. The van der Waals surface area contributed by atoms with Gasteiger partial charge in [-0.25, -0.2) is 14.4 Å². The fourth-order valence-corrected chi connectivity index (χ4v) is 4.18. The number of aliphatic hydroxyl groups is 3. The summed E-state index contributed by atoms with van der Waals surface area (Å²) in [6.45, 7) is 8.29. The molecule has 1 fully saturated rings. The fraction of sp³-hybridized carbons (Fsp3) is 0.654. The van der Waals surface area contributed by atoms with Gasteiger partial charge in [0.05, 0.1) is 19.3 Å². The molecule has 0 aliphatic carbocycles. The topological polar surface area (TPSA) is 177 Å². The van der Waals surface area contributed by atoms with Crippen LogP contribution in [0.1, 0.15) is 63.6 Å². The molecule has 1 aromatic rings. The molecule has 0 saturated carbocycles. The number of methoxy groups -OCH3 is 1. The van der Waals surface area contributed by atoms with Crippen molar-refractivity contribution in [2.45, 2.75) is 83.3 Å². The Labute approximate surface area is 225 Å². The number of esters is 3. The number of benzene rings is 1. The van der Waals surface area contributed by atoms with Gasteiger partial charge in [-0.15, -0.1) is 0 Å². The molecule has 3 rings (SSSR count). The first-order valence-corrected chi connectivity index (χ1v) is 12.3. The molecule has 0 spiro atoms. The van der Waals surface area contributed by atoms with Gasteiger partial charge < -0.3 is 48.5 Å². The smallest absolute Gasteiger partial charge is 0.344 e. The van der Waals surface area contributed by atoms with E-state index in [4.69, 9.17) is 33.2 Å². The van der Waals surface area contributed by atoms with E-state index in [0.29, 0.717) is 0 Å². The minimum Gasteiger partial charge on any atom is -0.490 e. The minimum atomic E-state index is -1.61. The van der Waals surface area contributed by atoms with Crippen LogP contribution in [0.5, 0.6) is 17.2 Å². The summed E-state index contributed by atoms with van der Waals surface area (Å²) in [6.07, 6.45) is -6.97. The molecular formula is C26H36O13. The summed E-state index contributed by atoms with van der Waals surface area (Å²) < 4.78 is 38.7. The van der Waals surface area contributed by atoms with Crippen molar-refractivity contribution in [2.24, 2.45) is 0 Å². The molecule has 13 nitrogen and oxygen atoms in total. The first-order chi connectivity index (χ1) is 18.1. The Kier molecular flexibility index (Phi) is 9.00. The lowest BCUT2D eigenvalue weighted by atomic mass is 9.86. The van der Waals surface area contributed by atoms with E-state index < -0.39 is 79.5 Å². The van der Waals surface area contributed by atoms with E-state index in [2.05, 4.69) is 0 Å². The molecule has 0 radical (unpaired) electrons. The van der Waals surface area contributed by atoms with Crippen molar-refractivity contribution in [3.8, 4) is 17.2 Å². The largest absolute Gasteiger partial charge is 0.490 e. The Morgan fingerprint density at radius 1 is 0.923 bits per heavy atom. The third-order valence-corrected chi connectivity index (χ3v) is 5.58. The third kappa shape index (κ3) is 7.10. The first-order valence-electron chi connectivity index (χ1n) is 12.3. The van der Waals surface area contributed by atoms with Gasteiger partial charge in [0.1, 0.15) is 35.6 Å². The van der Waals surface area contributed by atoms with Crippen molar-refractivity contribution in [1.82, 2.24) is 0 Å². The molecule has 218 valence electrons. The predicted molar refractivity (Wildman–Crippen MR) is 132 cm³/mol. The molecule has 0 bridgehead atoms. The quantitative estimate of drug-likeness (QED) is 0.303. The molecule has 3 N–H and O–H groups in total. The van der Waals surface area contributed by atoms with Crippen LogP contribution >= 0.6 is 0 Å². The van der Waals surface area contributed by atoms with Crippen LogP contribution in [-0.4, -0.2) is 95.8 Å². The van der Waals surface area contributed by atoms with Gasteiger partial charge in [-0.05, 0) is 47.6 Å². The summed E-state index contributed by atoms with van der Waals surface area (Å²) in [5, 5.41) is 30.6. The number of carbonyl (C=O) groups is 3. The second kappa shape index (κ2) is 11.5. The Morgan fingerprint density at radius 2 is 1.49 bits per heavy atom. The van der Waals surface area contributed by atoms with Crippen LogP contribution in [-0.2, 0) is 28.5 Å². The zero-order valence-corrected chi connectivity index (χ0v) is 23.0. The average Bonchev–Trinajstić information content (AvgIpc) is 2.81. The molecule has 39 heavy (non-hydrogen) atoms. The Morgan fingerprint density at radius 3 is 2.00 bits per heavy atom. The number of fused-ring (bicyclic) bond motifs is 3. The number of carbonyl (C=O) groups excluding carboxylic acids is 3. The summed E-state index contributed by atoms with van der Waals surface area (Å²) in [7, 11) is 1.28. The summed E-state index contributed by atoms with van der Waals surface area (Å²) in [6, 6.07) is 1.24. The van der Waals surface area contributed by atoms with Crippen molar-refractivity contribution >= 4 is 17.9 Å². The average molecular weight is 557 g/mol. The van der Waals surface area contributed by atoms with Crippen LogP contribution in [0.2, 0.25) is 0 Å². The minimum absolute atomic E-state index is 0.0330. The van der Waals surface area contributed by atoms with Crippen molar-refractivity contribution in [3.05, 3.63) is 17.2 Å². The van der Waals surface area contributed by atoms with Gasteiger partial charge in [0, 0.05) is 5.56 Å². The van der Waals surface area contributed by atoms with Gasteiger partial charge >= 0.3 is 17.9 Å². The summed E-state index contributed by atoms with van der Waals surface area (Å²) in [5.41, 5.74) is -1.67. The van der Waals surface area contributed by atoms with E-state index in [9.17, 15) is 29.7 Å². The molecule has 2 aliphatic heterocycles. The molecule has 0 aromatic heterocycles. The number of rotatable bonds is 8. The molecule has 1 saturated heterocycles. The highest BCUT2D eigenvalue weighted by Crippen LogP contribution is 2.51. The van der Waals surface area contributed by atoms with Crippen molar-refractivity contribution < 1.29 is 62.9 Å². The van der Waals surface area contributed by atoms with Gasteiger partial charge in [-0.2, -0.15) is 0 Å². The maximum Gasteiger partial charge on any atom is 0.344 e. The maximum absolute atomic E-state index is 13.0. The highest BCUT2D eigenvalue weighted by molar-refractivity contribution is 5.95.